The number of carbonyl (C=O) groups excluding carboxylic acids is 1. The summed E-state index contributed by atoms with van der Waals surface area (Å²) in [6, 6.07) is 5.79. The molecule has 0 unspecified atom stereocenters. The van der Waals surface area contributed by atoms with Crippen molar-refractivity contribution in [1.29, 1.82) is 0 Å². The molecule has 24 heavy (non-hydrogen) atoms. The SMILES string of the molecule is Cc1c(Br)ccc2c1C(=Cc1ccc(F)cc1C(F)(F)F)C(=O)N2. The van der Waals surface area contributed by atoms with Gasteiger partial charge in [0, 0.05) is 21.3 Å². The molecule has 7 heteroatoms. The quantitative estimate of drug-likeness (QED) is 0.504. The number of fused-ring (bicyclic) bond motifs is 1. The Labute approximate surface area is 143 Å². The van der Waals surface area contributed by atoms with Crippen molar-refractivity contribution in [3.05, 3.63) is 62.9 Å². The molecule has 0 aliphatic carbocycles. The molecule has 1 N–H and O–H groups in total. The molecule has 1 amide bonds. The lowest BCUT2D eigenvalue weighted by molar-refractivity contribution is -0.137. The van der Waals surface area contributed by atoms with Crippen LogP contribution in [0.25, 0.3) is 11.6 Å². The molecule has 0 fully saturated rings. The Kier molecular flexibility index (Phi) is 3.99. The van der Waals surface area contributed by atoms with Gasteiger partial charge in [0.2, 0.25) is 0 Å². The van der Waals surface area contributed by atoms with Gasteiger partial charge >= 0.3 is 6.18 Å². The van der Waals surface area contributed by atoms with Gasteiger partial charge < -0.3 is 5.32 Å². The molecule has 2 aromatic carbocycles. The molecule has 2 aromatic rings. The largest absolute Gasteiger partial charge is 0.417 e. The highest BCUT2D eigenvalue weighted by atomic mass is 79.9. The van der Waals surface area contributed by atoms with E-state index >= 15 is 0 Å². The smallest absolute Gasteiger partial charge is 0.321 e. The highest BCUT2D eigenvalue weighted by molar-refractivity contribution is 9.10. The molecule has 0 saturated heterocycles. The van der Waals surface area contributed by atoms with Crippen LogP contribution in [-0.2, 0) is 11.0 Å². The summed E-state index contributed by atoms with van der Waals surface area (Å²) in [6.45, 7) is 1.76. The molecule has 0 aromatic heterocycles. The molecule has 0 atom stereocenters. The summed E-state index contributed by atoms with van der Waals surface area (Å²) < 4.78 is 53.4. The number of carbonyl (C=O) groups is 1. The third-order valence-electron chi connectivity index (χ3n) is 3.78. The van der Waals surface area contributed by atoms with Gasteiger partial charge in [-0.2, -0.15) is 13.2 Å². The number of halogens is 5. The van der Waals surface area contributed by atoms with Crippen molar-refractivity contribution in [3.8, 4) is 0 Å². The van der Waals surface area contributed by atoms with E-state index in [0.717, 1.165) is 28.2 Å². The zero-order valence-electron chi connectivity index (χ0n) is 12.3. The van der Waals surface area contributed by atoms with E-state index in [9.17, 15) is 22.4 Å². The van der Waals surface area contributed by atoms with Crippen LogP contribution in [0.1, 0.15) is 22.3 Å². The van der Waals surface area contributed by atoms with Gasteiger partial charge in [0.1, 0.15) is 5.82 Å². The minimum atomic E-state index is -4.72. The monoisotopic (exact) mass is 399 g/mol. The van der Waals surface area contributed by atoms with Gasteiger partial charge in [-0.05, 0) is 48.4 Å². The predicted octanol–water partition coefficient (Wildman–Crippen LogP) is 5.41. The van der Waals surface area contributed by atoms with Gasteiger partial charge in [-0.1, -0.05) is 22.0 Å². The summed E-state index contributed by atoms with van der Waals surface area (Å²) in [7, 11) is 0. The van der Waals surface area contributed by atoms with Crippen LogP contribution < -0.4 is 5.32 Å². The molecule has 3 rings (SSSR count). The number of hydrogen-bond acceptors (Lipinski definition) is 1. The zero-order chi connectivity index (χ0) is 17.6. The fourth-order valence-corrected chi connectivity index (χ4v) is 2.96. The maximum Gasteiger partial charge on any atom is 0.417 e. The third kappa shape index (κ3) is 2.84. The van der Waals surface area contributed by atoms with E-state index in [2.05, 4.69) is 21.2 Å². The Bertz CT molecular complexity index is 887. The maximum absolute atomic E-state index is 13.2. The Balaban J connectivity index is 2.22. The van der Waals surface area contributed by atoms with Crippen LogP contribution in [0.4, 0.5) is 23.2 Å². The average Bonchev–Trinajstić information content (AvgIpc) is 2.80. The van der Waals surface area contributed by atoms with Crippen LogP contribution in [0.3, 0.4) is 0 Å². The fraction of sp³-hybridized carbons (Fsp3) is 0.118. The summed E-state index contributed by atoms with van der Waals surface area (Å²) in [5.41, 5.74) is 0.522. The highest BCUT2D eigenvalue weighted by Crippen LogP contribution is 2.40. The Morgan fingerprint density at radius 2 is 1.88 bits per heavy atom. The number of anilines is 1. The van der Waals surface area contributed by atoms with Crippen molar-refractivity contribution in [3.63, 3.8) is 0 Å². The third-order valence-corrected chi connectivity index (χ3v) is 4.64. The van der Waals surface area contributed by atoms with Gasteiger partial charge in [0.15, 0.2) is 0 Å². The van der Waals surface area contributed by atoms with Crippen LogP contribution in [0, 0.1) is 12.7 Å². The van der Waals surface area contributed by atoms with Crippen LogP contribution in [0.15, 0.2) is 34.8 Å². The molecule has 1 aliphatic heterocycles. The first-order chi connectivity index (χ1) is 11.2. The Morgan fingerprint density at radius 1 is 1.17 bits per heavy atom. The van der Waals surface area contributed by atoms with Crippen molar-refractivity contribution < 1.29 is 22.4 Å². The first-order valence-electron chi connectivity index (χ1n) is 6.88. The second-order valence-electron chi connectivity index (χ2n) is 5.34. The predicted molar refractivity (Wildman–Crippen MR) is 86.8 cm³/mol. The highest BCUT2D eigenvalue weighted by Gasteiger charge is 2.34. The topological polar surface area (TPSA) is 29.1 Å². The molecule has 1 aliphatic rings. The Morgan fingerprint density at radius 3 is 2.54 bits per heavy atom. The molecule has 124 valence electrons. The summed E-state index contributed by atoms with van der Waals surface area (Å²) in [5, 5.41) is 2.62. The molecule has 0 bridgehead atoms. The van der Waals surface area contributed by atoms with Gasteiger partial charge in [-0.25, -0.2) is 4.39 Å². The van der Waals surface area contributed by atoms with E-state index in [4.69, 9.17) is 0 Å². The van der Waals surface area contributed by atoms with E-state index in [0.29, 0.717) is 17.3 Å². The standard InChI is InChI=1S/C17H10BrF4NO/c1-8-13(18)4-5-14-15(8)11(16(24)23-14)6-9-2-3-10(19)7-12(9)17(20,21)22/h2-7H,1H3,(H,23,24). The molecule has 2 nitrogen and oxygen atoms in total. The van der Waals surface area contributed by atoms with Crippen molar-refractivity contribution in [1.82, 2.24) is 0 Å². The van der Waals surface area contributed by atoms with Gasteiger partial charge in [0.05, 0.1) is 5.56 Å². The number of nitrogens with one attached hydrogen (secondary N) is 1. The number of benzene rings is 2. The zero-order valence-corrected chi connectivity index (χ0v) is 13.8. The molecular weight excluding hydrogens is 390 g/mol. The average molecular weight is 400 g/mol. The summed E-state index contributed by atoms with van der Waals surface area (Å²) in [6.07, 6.45) is -3.58. The van der Waals surface area contributed by atoms with Crippen LogP contribution >= 0.6 is 15.9 Å². The van der Waals surface area contributed by atoms with Gasteiger partial charge in [-0.15, -0.1) is 0 Å². The summed E-state index contributed by atoms with van der Waals surface area (Å²) in [5.74, 6) is -1.48. The Hall–Kier alpha value is -2.15. The van der Waals surface area contributed by atoms with Crippen LogP contribution in [-0.4, -0.2) is 5.91 Å². The van der Waals surface area contributed by atoms with Crippen molar-refractivity contribution in [2.45, 2.75) is 13.1 Å². The van der Waals surface area contributed by atoms with Gasteiger partial charge in [0.25, 0.3) is 5.91 Å². The van der Waals surface area contributed by atoms with E-state index in [1.165, 1.54) is 0 Å². The minimum absolute atomic E-state index is 0.112. The van der Waals surface area contributed by atoms with Crippen molar-refractivity contribution in [2.75, 3.05) is 5.32 Å². The lowest BCUT2D eigenvalue weighted by Gasteiger charge is -2.11. The number of hydrogen-bond donors (Lipinski definition) is 1. The number of amides is 1. The summed E-state index contributed by atoms with van der Waals surface area (Å²) >= 11 is 3.34. The van der Waals surface area contributed by atoms with Crippen LogP contribution in [0.2, 0.25) is 0 Å². The molecule has 1 heterocycles. The maximum atomic E-state index is 13.2. The van der Waals surface area contributed by atoms with E-state index in [1.807, 2.05) is 0 Å². The van der Waals surface area contributed by atoms with E-state index < -0.39 is 23.5 Å². The fourth-order valence-electron chi connectivity index (χ4n) is 2.63. The second kappa shape index (κ2) is 5.73. The molecule has 0 spiro atoms. The second-order valence-corrected chi connectivity index (χ2v) is 6.19. The minimum Gasteiger partial charge on any atom is -0.321 e. The number of alkyl halides is 3. The molecular formula is C17H10BrF4NO. The lowest BCUT2D eigenvalue weighted by Crippen LogP contribution is -2.09. The molecule has 0 radical (unpaired) electrons. The van der Waals surface area contributed by atoms with Crippen molar-refractivity contribution in [2.24, 2.45) is 0 Å². The normalized spacial score (nSPS) is 15.6. The van der Waals surface area contributed by atoms with Crippen LogP contribution in [0.5, 0.6) is 0 Å². The van der Waals surface area contributed by atoms with Crippen molar-refractivity contribution >= 4 is 39.2 Å². The van der Waals surface area contributed by atoms with E-state index in [1.54, 1.807) is 19.1 Å². The van der Waals surface area contributed by atoms with E-state index in [-0.39, 0.29) is 11.1 Å². The number of rotatable bonds is 1. The first-order valence-corrected chi connectivity index (χ1v) is 7.67. The summed E-state index contributed by atoms with van der Waals surface area (Å²) in [4.78, 5) is 12.2. The van der Waals surface area contributed by atoms with Gasteiger partial charge in [-0.3, -0.25) is 4.79 Å². The lowest BCUT2D eigenvalue weighted by atomic mass is 9.97. The molecule has 0 saturated carbocycles. The first kappa shape index (κ1) is 16.7.